The number of rotatable bonds is 5. The smallest absolute Gasteiger partial charge is 0.302 e. The number of likely N-dealkylation sites (tertiary alicyclic amines) is 1. The van der Waals surface area contributed by atoms with Gasteiger partial charge in [0, 0.05) is 30.9 Å². The van der Waals surface area contributed by atoms with Gasteiger partial charge in [0.25, 0.3) is 11.8 Å². The van der Waals surface area contributed by atoms with Crippen molar-refractivity contribution in [3.63, 3.8) is 0 Å². The first kappa shape index (κ1) is 25.3. The normalized spacial score (nSPS) is 20.9. The zero-order chi connectivity index (χ0) is 27.2. The summed E-state index contributed by atoms with van der Waals surface area (Å²) in [7, 11) is 1.55. The lowest BCUT2D eigenvalue weighted by Gasteiger charge is -2.32. The molecule has 1 fully saturated rings. The van der Waals surface area contributed by atoms with Gasteiger partial charge in [-0.1, -0.05) is 32.0 Å². The zero-order valence-electron chi connectivity index (χ0n) is 21.4. The highest BCUT2D eigenvalue weighted by molar-refractivity contribution is 6.08. The fraction of sp³-hybridized carbons (Fsp3) is 0.345. The maximum Gasteiger partial charge on any atom is 0.302 e. The topological polar surface area (TPSA) is 87.0 Å². The van der Waals surface area contributed by atoms with Gasteiger partial charge in [-0.2, -0.15) is 0 Å². The third-order valence-corrected chi connectivity index (χ3v) is 7.59. The van der Waals surface area contributed by atoms with E-state index in [0.29, 0.717) is 23.0 Å². The van der Waals surface area contributed by atoms with Crippen LogP contribution < -0.4 is 5.32 Å². The molecule has 0 bridgehead atoms. The summed E-state index contributed by atoms with van der Waals surface area (Å²) in [5, 5.41) is 3.26. The third kappa shape index (κ3) is 4.06. The van der Waals surface area contributed by atoms with Crippen LogP contribution in [0.5, 0.6) is 0 Å². The number of aromatic nitrogens is 1. The SMILES string of the molecule is [C-]#[N+][C@@H]1C[C@@]2(CN1C(=O)[C@H](CC(C)C)N(C)C(=O)c1ccnc3ccc(F)cc13)C(=O)Nc1ccccc12. The Morgan fingerprint density at radius 1 is 1.26 bits per heavy atom. The number of likely N-dealkylation sites (N-methyl/N-ethyl adjacent to an activating group) is 1. The van der Waals surface area contributed by atoms with E-state index < -0.39 is 29.3 Å². The second-order valence-electron chi connectivity index (χ2n) is 10.4. The number of carbonyl (C=O) groups is 3. The Morgan fingerprint density at radius 2 is 2.03 bits per heavy atom. The zero-order valence-corrected chi connectivity index (χ0v) is 21.4. The van der Waals surface area contributed by atoms with Gasteiger partial charge in [0.2, 0.25) is 5.91 Å². The van der Waals surface area contributed by atoms with Crippen LogP contribution in [-0.4, -0.2) is 58.3 Å². The Hall–Kier alpha value is -4.32. The van der Waals surface area contributed by atoms with Gasteiger partial charge >= 0.3 is 6.17 Å². The van der Waals surface area contributed by atoms with Crippen molar-refractivity contribution in [1.29, 1.82) is 0 Å². The minimum Gasteiger partial charge on any atom is -0.330 e. The molecule has 1 saturated heterocycles. The lowest BCUT2D eigenvalue weighted by Crippen LogP contribution is -2.51. The maximum atomic E-state index is 14.1. The molecular weight excluding hydrogens is 485 g/mol. The standard InChI is InChI=1S/C29H28FN5O3/c1-17(2)13-24(34(4)26(36)19-11-12-32-22-10-9-18(30)14-20(19)22)27(37)35-16-29(15-25(35)31-3)21-7-5-6-8-23(21)33-28(29)38/h5-12,14,17,24-25H,13,15-16H2,1-2,4H3,(H,33,38)/t24-,25-,29-/m0/s1. The van der Waals surface area contributed by atoms with Crippen molar-refractivity contribution < 1.29 is 18.8 Å². The maximum absolute atomic E-state index is 14.1. The van der Waals surface area contributed by atoms with Crippen molar-refractivity contribution in [1.82, 2.24) is 14.8 Å². The lowest BCUT2D eigenvalue weighted by molar-refractivity contribution is -0.136. The second-order valence-corrected chi connectivity index (χ2v) is 10.4. The third-order valence-electron chi connectivity index (χ3n) is 7.59. The molecule has 194 valence electrons. The van der Waals surface area contributed by atoms with Crippen LogP contribution in [0.25, 0.3) is 15.7 Å². The van der Waals surface area contributed by atoms with Crippen molar-refractivity contribution in [2.75, 3.05) is 18.9 Å². The lowest BCUT2D eigenvalue weighted by atomic mass is 9.80. The minimum absolute atomic E-state index is 0.0573. The molecule has 3 atom stereocenters. The van der Waals surface area contributed by atoms with E-state index in [1.807, 2.05) is 38.1 Å². The monoisotopic (exact) mass is 513 g/mol. The van der Waals surface area contributed by atoms with Crippen LogP contribution in [0.15, 0.2) is 54.7 Å². The molecule has 5 rings (SSSR count). The summed E-state index contributed by atoms with van der Waals surface area (Å²) >= 11 is 0. The molecule has 3 heterocycles. The average molecular weight is 514 g/mol. The van der Waals surface area contributed by atoms with Crippen molar-refractivity contribution >= 4 is 34.3 Å². The number of nitrogens with zero attached hydrogens (tertiary/aromatic N) is 4. The van der Waals surface area contributed by atoms with E-state index >= 15 is 0 Å². The quantitative estimate of drug-likeness (QED) is 0.518. The number of amides is 3. The summed E-state index contributed by atoms with van der Waals surface area (Å²) in [5.74, 6) is -1.48. The predicted octanol–water partition coefficient (Wildman–Crippen LogP) is 4.23. The summed E-state index contributed by atoms with van der Waals surface area (Å²) in [6, 6.07) is 12.0. The van der Waals surface area contributed by atoms with Gasteiger partial charge in [-0.05, 0) is 48.2 Å². The van der Waals surface area contributed by atoms with Crippen molar-refractivity contribution in [3.05, 3.63) is 83.1 Å². The predicted molar refractivity (Wildman–Crippen MR) is 141 cm³/mol. The van der Waals surface area contributed by atoms with Gasteiger partial charge in [0.1, 0.15) is 17.3 Å². The van der Waals surface area contributed by atoms with Crippen molar-refractivity contribution in [3.8, 4) is 0 Å². The summed E-state index contributed by atoms with van der Waals surface area (Å²) in [6.45, 7) is 11.8. The molecule has 3 amide bonds. The number of para-hydroxylation sites is 1. The van der Waals surface area contributed by atoms with Gasteiger partial charge < -0.3 is 10.2 Å². The first-order valence-corrected chi connectivity index (χ1v) is 12.6. The van der Waals surface area contributed by atoms with Gasteiger partial charge in [0.15, 0.2) is 0 Å². The number of benzene rings is 2. The molecule has 1 spiro atoms. The molecule has 2 aliphatic heterocycles. The Balaban J connectivity index is 1.49. The largest absolute Gasteiger partial charge is 0.330 e. The van der Waals surface area contributed by atoms with E-state index in [2.05, 4.69) is 15.1 Å². The van der Waals surface area contributed by atoms with Crippen molar-refractivity contribution in [2.45, 2.75) is 44.3 Å². The average Bonchev–Trinajstić information content (AvgIpc) is 3.43. The highest BCUT2D eigenvalue weighted by Crippen LogP contribution is 2.47. The molecule has 38 heavy (non-hydrogen) atoms. The Bertz CT molecular complexity index is 1500. The second kappa shape index (κ2) is 9.53. The molecule has 3 aromatic rings. The number of anilines is 1. The molecule has 1 aromatic heterocycles. The van der Waals surface area contributed by atoms with E-state index in [4.69, 9.17) is 6.57 Å². The molecule has 9 heteroatoms. The molecule has 0 saturated carbocycles. The fourth-order valence-corrected chi connectivity index (χ4v) is 5.66. The number of hydrogen-bond acceptors (Lipinski definition) is 4. The van der Waals surface area contributed by atoms with Gasteiger partial charge in [-0.3, -0.25) is 29.1 Å². The summed E-state index contributed by atoms with van der Waals surface area (Å²) in [4.78, 5) is 51.7. The van der Waals surface area contributed by atoms with Crippen LogP contribution in [0.2, 0.25) is 0 Å². The first-order valence-electron chi connectivity index (χ1n) is 12.6. The molecule has 0 unspecified atom stereocenters. The van der Waals surface area contributed by atoms with E-state index in [-0.39, 0.29) is 36.3 Å². The summed E-state index contributed by atoms with van der Waals surface area (Å²) < 4.78 is 14.0. The van der Waals surface area contributed by atoms with Gasteiger partial charge in [-0.15, -0.1) is 0 Å². The number of nitrogens with one attached hydrogen (secondary N) is 1. The van der Waals surface area contributed by atoms with Gasteiger partial charge in [0.05, 0.1) is 17.5 Å². The molecule has 2 aliphatic rings. The molecule has 0 aliphatic carbocycles. The van der Waals surface area contributed by atoms with Crippen LogP contribution in [0, 0.1) is 18.3 Å². The van der Waals surface area contributed by atoms with Crippen LogP contribution in [0.4, 0.5) is 10.1 Å². The number of carbonyl (C=O) groups excluding carboxylic acids is 3. The molecule has 8 nitrogen and oxygen atoms in total. The van der Waals surface area contributed by atoms with Crippen molar-refractivity contribution in [2.24, 2.45) is 5.92 Å². The highest BCUT2D eigenvalue weighted by Gasteiger charge is 2.59. The number of fused-ring (bicyclic) bond motifs is 3. The Labute approximate surface area is 220 Å². The highest BCUT2D eigenvalue weighted by atomic mass is 19.1. The minimum atomic E-state index is -1.01. The Kier molecular flexibility index (Phi) is 6.35. The fourth-order valence-electron chi connectivity index (χ4n) is 5.66. The van der Waals surface area contributed by atoms with E-state index in [1.165, 1.54) is 40.3 Å². The first-order chi connectivity index (χ1) is 18.2. The van der Waals surface area contributed by atoms with Crippen LogP contribution in [-0.2, 0) is 15.0 Å². The summed E-state index contributed by atoms with van der Waals surface area (Å²) in [5.41, 5.74) is 1.17. The molecular formula is C29H28FN5O3. The van der Waals surface area contributed by atoms with E-state index in [0.717, 1.165) is 5.56 Å². The number of halogens is 1. The van der Waals surface area contributed by atoms with Crippen LogP contribution in [0.1, 0.15) is 42.6 Å². The molecule has 2 aromatic carbocycles. The molecule has 1 N–H and O–H groups in total. The van der Waals surface area contributed by atoms with Crippen LogP contribution in [0.3, 0.4) is 0 Å². The molecule has 0 radical (unpaired) electrons. The Morgan fingerprint density at radius 3 is 2.76 bits per heavy atom. The van der Waals surface area contributed by atoms with Crippen LogP contribution >= 0.6 is 0 Å². The van der Waals surface area contributed by atoms with E-state index in [1.54, 1.807) is 7.05 Å². The van der Waals surface area contributed by atoms with E-state index in [9.17, 15) is 18.8 Å². The number of pyridine rings is 1. The van der Waals surface area contributed by atoms with Gasteiger partial charge in [-0.25, -0.2) is 11.0 Å². The summed E-state index contributed by atoms with van der Waals surface area (Å²) in [6.07, 6.45) is 1.19. The number of hydrogen-bond donors (Lipinski definition) is 1.